The second-order valence-electron chi connectivity index (χ2n) is 8.97. The average molecular weight is 441 g/mol. The number of nitrogens with one attached hydrogen (secondary N) is 1. The van der Waals surface area contributed by atoms with E-state index in [1.54, 1.807) is 4.90 Å². The highest BCUT2D eigenvalue weighted by molar-refractivity contribution is 5.94. The van der Waals surface area contributed by atoms with Crippen molar-refractivity contribution < 1.29 is 9.59 Å². The number of nitrogens with zero attached hydrogens (tertiary/aromatic N) is 5. The van der Waals surface area contributed by atoms with Gasteiger partial charge < -0.3 is 14.8 Å². The number of anilines is 1. The van der Waals surface area contributed by atoms with E-state index in [0.717, 1.165) is 36.7 Å². The van der Waals surface area contributed by atoms with Crippen LogP contribution >= 0.6 is 0 Å². The second-order valence-corrected chi connectivity index (χ2v) is 8.97. The molecule has 2 aromatic rings. The van der Waals surface area contributed by atoms with Gasteiger partial charge >= 0.3 is 0 Å². The van der Waals surface area contributed by atoms with E-state index >= 15 is 0 Å². The molecule has 4 heterocycles. The smallest absolute Gasteiger partial charge is 0.229 e. The summed E-state index contributed by atoms with van der Waals surface area (Å²) >= 11 is 0. The number of carbonyl (C=O) groups excluding carboxylic acids is 2. The molecule has 174 valence electrons. The zero-order valence-corrected chi connectivity index (χ0v) is 19.3. The van der Waals surface area contributed by atoms with Crippen molar-refractivity contribution in [1.29, 1.82) is 0 Å². The van der Waals surface area contributed by atoms with Crippen LogP contribution in [0.2, 0.25) is 0 Å². The zero-order chi connectivity index (χ0) is 22.3. The molecule has 2 amide bonds. The number of fused-ring (bicyclic) bond motifs is 1. The molecule has 2 aliphatic heterocycles. The first-order valence-electron chi connectivity index (χ1n) is 12.1. The number of likely N-dealkylation sites (tertiary alicyclic amines) is 1. The third-order valence-corrected chi connectivity index (χ3v) is 6.54. The maximum absolute atomic E-state index is 12.6. The molecule has 1 fully saturated rings. The van der Waals surface area contributed by atoms with Crippen LogP contribution in [0.5, 0.6) is 0 Å². The van der Waals surface area contributed by atoms with Gasteiger partial charge in [0.05, 0.1) is 12.2 Å². The molecule has 0 aromatic carbocycles. The molecular formula is C24H36N6O2. The molecule has 0 bridgehead atoms. The Hall–Kier alpha value is -2.61. The highest BCUT2D eigenvalue weighted by Crippen LogP contribution is 2.28. The van der Waals surface area contributed by atoms with E-state index in [2.05, 4.69) is 10.2 Å². The zero-order valence-electron chi connectivity index (χ0n) is 19.3. The molecule has 8 nitrogen and oxygen atoms in total. The number of hydrogen-bond donors (Lipinski definition) is 1. The van der Waals surface area contributed by atoms with Crippen LogP contribution < -0.4 is 10.2 Å². The lowest BCUT2D eigenvalue weighted by Crippen LogP contribution is -2.38. The monoisotopic (exact) mass is 440 g/mol. The molecule has 32 heavy (non-hydrogen) atoms. The summed E-state index contributed by atoms with van der Waals surface area (Å²) in [6.07, 6.45) is 9.81. The van der Waals surface area contributed by atoms with Gasteiger partial charge in [0, 0.05) is 45.2 Å². The Morgan fingerprint density at radius 2 is 1.91 bits per heavy atom. The lowest BCUT2D eigenvalue weighted by molar-refractivity contribution is -0.122. The Balaban J connectivity index is 1.22. The predicted molar refractivity (Wildman–Crippen MR) is 125 cm³/mol. The van der Waals surface area contributed by atoms with Gasteiger partial charge in [0.1, 0.15) is 11.5 Å². The molecule has 2 aromatic heterocycles. The maximum atomic E-state index is 12.6. The SMILES string of the molecule is Cn1cccc1-c1cc2n(n1)CCC(=O)N2CCCC(=O)NCCCN1CCCCCC1. The lowest BCUT2D eigenvalue weighted by atomic mass is 10.2. The van der Waals surface area contributed by atoms with Gasteiger partial charge in [-0.25, -0.2) is 4.68 Å². The maximum Gasteiger partial charge on any atom is 0.229 e. The third kappa shape index (κ3) is 5.59. The highest BCUT2D eigenvalue weighted by atomic mass is 16.2. The van der Waals surface area contributed by atoms with Crippen molar-refractivity contribution in [3.8, 4) is 11.4 Å². The van der Waals surface area contributed by atoms with Gasteiger partial charge in [0.25, 0.3) is 0 Å². The van der Waals surface area contributed by atoms with E-state index in [0.29, 0.717) is 32.4 Å². The predicted octanol–water partition coefficient (Wildman–Crippen LogP) is 2.79. The third-order valence-electron chi connectivity index (χ3n) is 6.54. The summed E-state index contributed by atoms with van der Waals surface area (Å²) in [4.78, 5) is 29.1. The summed E-state index contributed by atoms with van der Waals surface area (Å²) in [7, 11) is 1.99. The summed E-state index contributed by atoms with van der Waals surface area (Å²) in [6.45, 7) is 5.33. The van der Waals surface area contributed by atoms with E-state index < -0.39 is 0 Å². The van der Waals surface area contributed by atoms with Crippen LogP contribution in [0.15, 0.2) is 24.4 Å². The minimum absolute atomic E-state index is 0.0725. The fraction of sp³-hybridized carbons (Fsp3) is 0.625. The first-order valence-corrected chi connectivity index (χ1v) is 12.1. The van der Waals surface area contributed by atoms with Crippen molar-refractivity contribution in [2.45, 2.75) is 57.9 Å². The summed E-state index contributed by atoms with van der Waals surface area (Å²) in [5.74, 6) is 1.01. The second kappa shape index (κ2) is 10.8. The van der Waals surface area contributed by atoms with Crippen LogP contribution in [0.4, 0.5) is 5.82 Å². The number of aryl methyl sites for hydroxylation is 2. The van der Waals surface area contributed by atoms with Gasteiger partial charge in [-0.1, -0.05) is 12.8 Å². The summed E-state index contributed by atoms with van der Waals surface area (Å²) in [5.41, 5.74) is 1.90. The number of hydrogen-bond acceptors (Lipinski definition) is 4. The van der Waals surface area contributed by atoms with Crippen molar-refractivity contribution in [2.75, 3.05) is 37.6 Å². The Labute approximate surface area is 190 Å². The Kier molecular flexibility index (Phi) is 7.63. The molecule has 4 rings (SSSR count). The number of amides is 2. The fourth-order valence-corrected chi connectivity index (χ4v) is 4.72. The molecule has 0 saturated carbocycles. The minimum atomic E-state index is 0.0725. The molecule has 0 radical (unpaired) electrons. The van der Waals surface area contributed by atoms with Crippen molar-refractivity contribution >= 4 is 17.6 Å². The van der Waals surface area contributed by atoms with Gasteiger partial charge in [-0.2, -0.15) is 5.10 Å². The number of rotatable bonds is 9. The number of carbonyl (C=O) groups is 2. The Morgan fingerprint density at radius 1 is 1.09 bits per heavy atom. The number of aromatic nitrogens is 3. The van der Waals surface area contributed by atoms with Crippen LogP contribution in [0, 0.1) is 0 Å². The molecule has 8 heteroatoms. The van der Waals surface area contributed by atoms with Crippen LogP contribution in [0.1, 0.15) is 51.4 Å². The molecule has 1 saturated heterocycles. The molecular weight excluding hydrogens is 404 g/mol. The van der Waals surface area contributed by atoms with E-state index in [4.69, 9.17) is 5.10 Å². The summed E-state index contributed by atoms with van der Waals surface area (Å²) < 4.78 is 3.93. The largest absolute Gasteiger partial charge is 0.356 e. The summed E-state index contributed by atoms with van der Waals surface area (Å²) in [6, 6.07) is 6.00. The summed E-state index contributed by atoms with van der Waals surface area (Å²) in [5, 5.41) is 7.74. The van der Waals surface area contributed by atoms with E-state index in [-0.39, 0.29) is 11.8 Å². The topological polar surface area (TPSA) is 75.4 Å². The molecule has 1 N–H and O–H groups in total. The van der Waals surface area contributed by atoms with Crippen molar-refractivity contribution in [3.63, 3.8) is 0 Å². The minimum Gasteiger partial charge on any atom is -0.356 e. The van der Waals surface area contributed by atoms with Crippen LogP contribution in [0.3, 0.4) is 0 Å². The molecule has 2 aliphatic rings. The quantitative estimate of drug-likeness (QED) is 0.609. The van der Waals surface area contributed by atoms with E-state index in [9.17, 15) is 9.59 Å². The molecule has 0 spiro atoms. The van der Waals surface area contributed by atoms with Gasteiger partial charge in [0.2, 0.25) is 11.8 Å². The van der Waals surface area contributed by atoms with Crippen molar-refractivity contribution in [3.05, 3.63) is 24.4 Å². The standard InChI is InChI=1S/C24H36N6O2/c1-27-13-6-9-21(27)20-19-23-29(24(32)11-18-30(23)26-20)17-7-10-22(31)25-12-8-16-28-14-4-2-3-5-15-28/h6,9,13,19H,2-5,7-8,10-12,14-18H2,1H3,(H,25,31). The lowest BCUT2D eigenvalue weighted by Gasteiger charge is -2.27. The van der Waals surface area contributed by atoms with Crippen LogP contribution in [-0.2, 0) is 23.2 Å². The van der Waals surface area contributed by atoms with Gasteiger partial charge in [-0.15, -0.1) is 0 Å². The van der Waals surface area contributed by atoms with Crippen LogP contribution in [-0.4, -0.2) is 63.8 Å². The van der Waals surface area contributed by atoms with Crippen LogP contribution in [0.25, 0.3) is 11.4 Å². The first kappa shape index (κ1) is 22.6. The Morgan fingerprint density at radius 3 is 2.66 bits per heavy atom. The van der Waals surface area contributed by atoms with E-state index in [1.807, 2.05) is 40.7 Å². The highest BCUT2D eigenvalue weighted by Gasteiger charge is 2.26. The first-order chi connectivity index (χ1) is 15.6. The van der Waals surface area contributed by atoms with E-state index in [1.165, 1.54) is 38.8 Å². The average Bonchev–Trinajstić information content (AvgIpc) is 3.31. The molecule has 0 aliphatic carbocycles. The fourth-order valence-electron chi connectivity index (χ4n) is 4.72. The van der Waals surface area contributed by atoms with Gasteiger partial charge in [-0.05, 0) is 57.5 Å². The molecule has 0 atom stereocenters. The van der Waals surface area contributed by atoms with Crippen molar-refractivity contribution in [2.24, 2.45) is 7.05 Å². The Bertz CT molecular complexity index is 909. The van der Waals surface area contributed by atoms with Gasteiger partial charge in [-0.3, -0.25) is 14.5 Å². The molecule has 0 unspecified atom stereocenters. The normalized spacial score (nSPS) is 17.3. The van der Waals surface area contributed by atoms with Crippen molar-refractivity contribution in [1.82, 2.24) is 24.6 Å². The van der Waals surface area contributed by atoms with Gasteiger partial charge in [0.15, 0.2) is 0 Å².